The summed E-state index contributed by atoms with van der Waals surface area (Å²) >= 11 is 1.77. The van der Waals surface area contributed by atoms with Crippen LogP contribution in [0.1, 0.15) is 36.3 Å². The first-order valence-electron chi connectivity index (χ1n) is 13.4. The summed E-state index contributed by atoms with van der Waals surface area (Å²) in [6.07, 6.45) is 6.89. The topological polar surface area (TPSA) is 99.1 Å². The number of benzene rings is 1. The molecule has 0 bridgehead atoms. The average Bonchev–Trinajstić information content (AvgIpc) is 3.18. The number of halogens is 1. The van der Waals surface area contributed by atoms with Gasteiger partial charge in [-0.05, 0) is 29.2 Å². The fourth-order valence-corrected chi connectivity index (χ4v) is 5.49. The first kappa shape index (κ1) is 32.4. The number of pyridine rings is 1. The predicted octanol–water partition coefficient (Wildman–Crippen LogP) is 4.99. The van der Waals surface area contributed by atoms with Gasteiger partial charge in [0.2, 0.25) is 18.0 Å². The Bertz CT molecular complexity index is 1420. The molecule has 0 unspecified atom stereocenters. The summed E-state index contributed by atoms with van der Waals surface area (Å²) in [5.41, 5.74) is 5.69. The van der Waals surface area contributed by atoms with Gasteiger partial charge in [0.05, 0.1) is 13.2 Å². The molecule has 2 aromatic rings. The number of rotatable bonds is 6. The van der Waals surface area contributed by atoms with Crippen LogP contribution in [-0.2, 0) is 20.7 Å². The maximum absolute atomic E-state index is 13.6. The van der Waals surface area contributed by atoms with Crippen molar-refractivity contribution >= 4 is 23.6 Å². The van der Waals surface area contributed by atoms with E-state index in [2.05, 4.69) is 55.0 Å². The summed E-state index contributed by atoms with van der Waals surface area (Å²) in [6, 6.07) is 9.47. The lowest BCUT2D eigenvalue weighted by atomic mass is 9.99. The molecule has 224 valence electrons. The van der Waals surface area contributed by atoms with Crippen LogP contribution in [0.2, 0.25) is 0 Å². The van der Waals surface area contributed by atoms with E-state index in [0.29, 0.717) is 26.2 Å². The standard InChI is InChI=1S/C16H17FS.C13H15N3O6.C2H4/c1-3-4-7-14-11-18-16-9-6-5-8-13(16)10-15(14)12(2)17;1-8(17)21-7-22-12-9(18)2-3-16-11(12)13(19)15-4-5-20-6-10(15)14-16;1-2/h4-9H,2-3,10-11H2,1H3;2-3,10,14H,4-7H2,1H3;1-2H2/b7-4-;;/t;10-;/m.0./s1. The minimum absolute atomic E-state index is 0.0813. The second kappa shape index (κ2) is 15.8. The van der Waals surface area contributed by atoms with Crippen molar-refractivity contribution in [1.29, 1.82) is 0 Å². The van der Waals surface area contributed by atoms with Crippen LogP contribution in [0.5, 0.6) is 5.75 Å². The van der Waals surface area contributed by atoms with Crippen LogP contribution < -0.4 is 15.6 Å². The van der Waals surface area contributed by atoms with Gasteiger partial charge in [-0.3, -0.25) is 19.1 Å². The highest BCUT2D eigenvalue weighted by Gasteiger charge is 2.37. The molecule has 11 heteroatoms. The number of amides is 1. The van der Waals surface area contributed by atoms with Crippen LogP contribution in [0.4, 0.5) is 4.39 Å². The highest BCUT2D eigenvalue weighted by Crippen LogP contribution is 2.34. The lowest BCUT2D eigenvalue weighted by Crippen LogP contribution is -2.59. The maximum Gasteiger partial charge on any atom is 0.305 e. The zero-order valence-electron chi connectivity index (χ0n) is 23.9. The van der Waals surface area contributed by atoms with E-state index in [4.69, 9.17) is 9.47 Å². The van der Waals surface area contributed by atoms with Gasteiger partial charge in [0.25, 0.3) is 5.91 Å². The van der Waals surface area contributed by atoms with Crippen LogP contribution in [0.3, 0.4) is 0 Å². The van der Waals surface area contributed by atoms with Gasteiger partial charge in [-0.25, -0.2) is 4.39 Å². The van der Waals surface area contributed by atoms with Crippen molar-refractivity contribution in [2.45, 2.75) is 37.8 Å². The Hall–Kier alpha value is -4.09. The van der Waals surface area contributed by atoms with Crippen LogP contribution in [0, 0.1) is 0 Å². The number of esters is 1. The number of carbonyl (C=O) groups excluding carboxylic acids is 2. The number of carbonyl (C=O) groups is 2. The number of fused-ring (bicyclic) bond motifs is 3. The molecule has 1 aromatic heterocycles. The fourth-order valence-electron chi connectivity index (χ4n) is 4.40. The average molecular weight is 598 g/mol. The van der Waals surface area contributed by atoms with Gasteiger partial charge in [0.15, 0.2) is 5.69 Å². The van der Waals surface area contributed by atoms with Crippen LogP contribution in [0.25, 0.3) is 0 Å². The number of allylic oxidation sites excluding steroid dienone is 4. The number of nitrogens with zero attached hydrogens (tertiary/aromatic N) is 2. The summed E-state index contributed by atoms with van der Waals surface area (Å²) in [5.74, 6) is -0.509. The van der Waals surface area contributed by atoms with Crippen molar-refractivity contribution in [2.75, 3.05) is 37.7 Å². The van der Waals surface area contributed by atoms with Crippen LogP contribution >= 0.6 is 11.8 Å². The predicted molar refractivity (Wildman–Crippen MR) is 162 cm³/mol. The molecule has 1 aromatic carbocycles. The Morgan fingerprint density at radius 2 is 2.02 bits per heavy atom. The van der Waals surface area contributed by atoms with E-state index >= 15 is 0 Å². The minimum atomic E-state index is -0.539. The van der Waals surface area contributed by atoms with Crippen LogP contribution in [0.15, 0.2) is 95.1 Å². The molecule has 4 heterocycles. The molecule has 1 amide bonds. The molecule has 1 saturated heterocycles. The Morgan fingerprint density at radius 3 is 2.74 bits per heavy atom. The molecule has 1 N–H and O–H groups in total. The number of nitrogens with one attached hydrogen (secondary N) is 1. The molecule has 1 atom stereocenters. The minimum Gasteiger partial charge on any atom is -0.451 e. The molecule has 1 fully saturated rings. The molecule has 0 spiro atoms. The molecule has 42 heavy (non-hydrogen) atoms. The number of hydrogen-bond donors (Lipinski definition) is 1. The second-order valence-electron chi connectivity index (χ2n) is 9.14. The highest BCUT2D eigenvalue weighted by atomic mass is 32.2. The summed E-state index contributed by atoms with van der Waals surface area (Å²) in [6.45, 7) is 13.6. The second-order valence-corrected chi connectivity index (χ2v) is 10.2. The summed E-state index contributed by atoms with van der Waals surface area (Å²) in [4.78, 5) is 38.2. The molecular formula is C31H36FN3O6S. The lowest BCUT2D eigenvalue weighted by Gasteiger charge is -2.41. The van der Waals surface area contributed by atoms with Gasteiger partial charge in [-0.2, -0.15) is 0 Å². The summed E-state index contributed by atoms with van der Waals surface area (Å²) < 4.78 is 30.3. The zero-order chi connectivity index (χ0) is 30.6. The monoisotopic (exact) mass is 597 g/mol. The molecule has 9 nitrogen and oxygen atoms in total. The highest BCUT2D eigenvalue weighted by molar-refractivity contribution is 7.99. The molecule has 0 aliphatic carbocycles. The van der Waals surface area contributed by atoms with Gasteiger partial charge in [0, 0.05) is 42.8 Å². The summed E-state index contributed by atoms with van der Waals surface area (Å²) in [7, 11) is 0. The smallest absolute Gasteiger partial charge is 0.305 e. The first-order valence-corrected chi connectivity index (χ1v) is 14.4. The van der Waals surface area contributed by atoms with E-state index in [9.17, 15) is 18.8 Å². The van der Waals surface area contributed by atoms with E-state index in [1.54, 1.807) is 16.7 Å². The van der Waals surface area contributed by atoms with Gasteiger partial charge in [-0.1, -0.05) is 43.9 Å². The van der Waals surface area contributed by atoms with E-state index < -0.39 is 18.2 Å². The molecule has 3 aliphatic heterocycles. The van der Waals surface area contributed by atoms with Crippen molar-refractivity contribution in [3.63, 3.8) is 0 Å². The third-order valence-corrected chi connectivity index (χ3v) is 7.56. The third kappa shape index (κ3) is 8.01. The largest absolute Gasteiger partial charge is 0.451 e. The number of ether oxygens (including phenoxy) is 3. The first-order chi connectivity index (χ1) is 20.3. The maximum atomic E-state index is 13.6. The SMILES string of the molecule is C=C.C=C(F)C1=C(/C=C\CC)CSc2ccccc2C1.CC(=O)OCOc1c2n(ccc1=O)N[C@@H]1COCCN1C2=O. The van der Waals surface area contributed by atoms with Crippen molar-refractivity contribution < 1.29 is 28.2 Å². The number of aromatic nitrogens is 1. The van der Waals surface area contributed by atoms with Crippen molar-refractivity contribution in [3.05, 3.63) is 107 Å². The Balaban J connectivity index is 0.000000222. The number of morpholine rings is 1. The molecule has 5 rings (SSSR count). The Morgan fingerprint density at radius 1 is 1.26 bits per heavy atom. The molecule has 0 radical (unpaired) electrons. The van der Waals surface area contributed by atoms with Gasteiger partial charge >= 0.3 is 5.97 Å². The van der Waals surface area contributed by atoms with E-state index in [1.807, 2.05) is 18.2 Å². The van der Waals surface area contributed by atoms with E-state index in [1.165, 1.54) is 34.3 Å². The van der Waals surface area contributed by atoms with Crippen molar-refractivity contribution in [2.24, 2.45) is 0 Å². The molecule has 3 aliphatic rings. The zero-order valence-corrected chi connectivity index (χ0v) is 24.7. The lowest BCUT2D eigenvalue weighted by molar-refractivity contribution is -0.147. The van der Waals surface area contributed by atoms with Gasteiger partial charge < -0.3 is 24.5 Å². The third-order valence-electron chi connectivity index (χ3n) is 6.39. The molecule has 0 saturated carbocycles. The number of thioether (sulfide) groups is 1. The quantitative estimate of drug-likeness (QED) is 0.283. The Kier molecular flexibility index (Phi) is 12.2. The van der Waals surface area contributed by atoms with Gasteiger partial charge in [0.1, 0.15) is 12.0 Å². The van der Waals surface area contributed by atoms with E-state index in [0.717, 1.165) is 23.3 Å². The van der Waals surface area contributed by atoms with Crippen molar-refractivity contribution in [3.8, 4) is 5.75 Å². The number of hydrogen-bond acceptors (Lipinski definition) is 8. The van der Waals surface area contributed by atoms with Crippen LogP contribution in [-0.4, -0.2) is 59.9 Å². The Labute approximate surface area is 249 Å². The fraction of sp³-hybridized carbons (Fsp3) is 0.323. The van der Waals surface area contributed by atoms with Gasteiger partial charge in [-0.15, -0.1) is 24.9 Å². The summed E-state index contributed by atoms with van der Waals surface area (Å²) in [5, 5.41) is 0. The van der Waals surface area contributed by atoms with Crippen molar-refractivity contribution in [1.82, 2.24) is 9.58 Å². The van der Waals surface area contributed by atoms with E-state index in [-0.39, 0.29) is 29.3 Å². The molecular weight excluding hydrogens is 561 g/mol. The normalized spacial score (nSPS) is 17.2.